The van der Waals surface area contributed by atoms with E-state index in [1.165, 1.54) is 0 Å². The van der Waals surface area contributed by atoms with Gasteiger partial charge in [-0.3, -0.25) is 0 Å². The number of benzene rings is 1. The maximum Gasteiger partial charge on any atom is 0.161 e. The Bertz CT molecular complexity index is 321. The number of hydrogen-bond donors (Lipinski definition) is 1. The van der Waals surface area contributed by atoms with Gasteiger partial charge in [-0.25, -0.2) is 0 Å². The van der Waals surface area contributed by atoms with Crippen LogP contribution in [0.4, 0.5) is 0 Å². The predicted octanol–water partition coefficient (Wildman–Crippen LogP) is 2.15. The molecule has 84 valence electrons. The summed E-state index contributed by atoms with van der Waals surface area (Å²) in [6, 6.07) is 5.71. The molecule has 0 aromatic heterocycles. The molecule has 0 radical (unpaired) electrons. The van der Waals surface area contributed by atoms with Crippen molar-refractivity contribution in [3.63, 3.8) is 0 Å². The second kappa shape index (κ2) is 5.03. The number of aliphatic hydroxyl groups is 1. The van der Waals surface area contributed by atoms with Crippen LogP contribution in [0.2, 0.25) is 0 Å². The van der Waals surface area contributed by atoms with Crippen molar-refractivity contribution in [1.82, 2.24) is 0 Å². The summed E-state index contributed by atoms with van der Waals surface area (Å²) in [5.41, 5.74) is 1.11. The first-order chi connectivity index (χ1) is 7.04. The lowest BCUT2D eigenvalue weighted by Gasteiger charge is -2.19. The zero-order valence-electron chi connectivity index (χ0n) is 9.65. The van der Waals surface area contributed by atoms with Crippen molar-refractivity contribution in [2.75, 3.05) is 7.11 Å². The first-order valence-electron chi connectivity index (χ1n) is 5.04. The molecule has 0 amide bonds. The van der Waals surface area contributed by atoms with Gasteiger partial charge in [0.25, 0.3) is 0 Å². The van der Waals surface area contributed by atoms with E-state index in [4.69, 9.17) is 9.47 Å². The molecular formula is C12H18O3. The summed E-state index contributed by atoms with van der Waals surface area (Å²) in [5.74, 6) is 1.36. The van der Waals surface area contributed by atoms with Crippen LogP contribution in [-0.2, 0) is 0 Å². The zero-order valence-corrected chi connectivity index (χ0v) is 9.65. The minimum atomic E-state index is -0.504. The molecule has 0 aliphatic rings. The summed E-state index contributed by atoms with van der Waals surface area (Å²) >= 11 is 0. The van der Waals surface area contributed by atoms with E-state index in [-0.39, 0.29) is 6.10 Å². The van der Waals surface area contributed by atoms with E-state index >= 15 is 0 Å². The van der Waals surface area contributed by atoms with E-state index in [9.17, 15) is 5.11 Å². The molecule has 1 aromatic rings. The summed E-state index contributed by atoms with van der Waals surface area (Å²) in [6.07, 6.45) is -0.752. The Morgan fingerprint density at radius 1 is 1.20 bits per heavy atom. The number of aliphatic hydroxyl groups excluding tert-OH is 1. The van der Waals surface area contributed by atoms with Gasteiger partial charge < -0.3 is 14.6 Å². The van der Waals surface area contributed by atoms with Crippen molar-refractivity contribution < 1.29 is 14.6 Å². The summed E-state index contributed by atoms with van der Waals surface area (Å²) in [4.78, 5) is 0. The fourth-order valence-electron chi connectivity index (χ4n) is 1.17. The van der Waals surface area contributed by atoms with E-state index in [2.05, 4.69) is 0 Å². The molecular weight excluding hydrogens is 192 g/mol. The largest absolute Gasteiger partial charge is 0.493 e. The second-order valence-corrected chi connectivity index (χ2v) is 3.72. The zero-order chi connectivity index (χ0) is 11.4. The smallest absolute Gasteiger partial charge is 0.161 e. The van der Waals surface area contributed by atoms with Gasteiger partial charge in [0.2, 0.25) is 0 Å². The molecule has 0 fully saturated rings. The van der Waals surface area contributed by atoms with Gasteiger partial charge >= 0.3 is 0 Å². The fraction of sp³-hybridized carbons (Fsp3) is 0.500. The van der Waals surface area contributed by atoms with Crippen molar-refractivity contribution in [1.29, 1.82) is 0 Å². The molecule has 1 unspecified atom stereocenters. The average molecular weight is 210 g/mol. The van der Waals surface area contributed by atoms with Crippen LogP contribution in [0.1, 0.15) is 19.4 Å². The van der Waals surface area contributed by atoms with Crippen molar-refractivity contribution >= 4 is 0 Å². The number of methoxy groups -OCH3 is 1. The highest BCUT2D eigenvalue weighted by Gasteiger charge is 2.13. The SMILES string of the molecule is COc1cc(C)ccc1OC(C)[C@@H](C)O. The van der Waals surface area contributed by atoms with Crippen LogP contribution in [0, 0.1) is 6.92 Å². The highest BCUT2D eigenvalue weighted by Crippen LogP contribution is 2.28. The Hall–Kier alpha value is -1.22. The van der Waals surface area contributed by atoms with Gasteiger partial charge in [0.15, 0.2) is 11.5 Å². The summed E-state index contributed by atoms with van der Waals surface area (Å²) in [7, 11) is 1.61. The van der Waals surface area contributed by atoms with E-state index in [1.54, 1.807) is 14.0 Å². The highest BCUT2D eigenvalue weighted by atomic mass is 16.5. The van der Waals surface area contributed by atoms with Gasteiger partial charge in [0.1, 0.15) is 6.10 Å². The third-order valence-corrected chi connectivity index (χ3v) is 2.31. The third kappa shape index (κ3) is 3.13. The predicted molar refractivity (Wildman–Crippen MR) is 59.5 cm³/mol. The van der Waals surface area contributed by atoms with Gasteiger partial charge in [-0.15, -0.1) is 0 Å². The van der Waals surface area contributed by atoms with Crippen LogP contribution in [0.25, 0.3) is 0 Å². The highest BCUT2D eigenvalue weighted by molar-refractivity contribution is 5.42. The van der Waals surface area contributed by atoms with Crippen LogP contribution in [-0.4, -0.2) is 24.4 Å². The van der Waals surface area contributed by atoms with Crippen molar-refractivity contribution in [2.45, 2.75) is 33.0 Å². The first-order valence-corrected chi connectivity index (χ1v) is 5.04. The molecule has 0 saturated heterocycles. The maximum atomic E-state index is 9.33. The van der Waals surface area contributed by atoms with Gasteiger partial charge in [-0.1, -0.05) is 6.07 Å². The third-order valence-electron chi connectivity index (χ3n) is 2.31. The minimum Gasteiger partial charge on any atom is -0.493 e. The molecule has 0 spiro atoms. The molecule has 3 heteroatoms. The van der Waals surface area contributed by atoms with E-state index in [0.717, 1.165) is 5.56 Å². The molecule has 0 aliphatic heterocycles. The molecule has 3 nitrogen and oxygen atoms in total. The molecule has 0 saturated carbocycles. The number of aryl methyl sites for hydroxylation is 1. The van der Waals surface area contributed by atoms with Crippen molar-refractivity contribution in [3.05, 3.63) is 23.8 Å². The Morgan fingerprint density at radius 2 is 1.87 bits per heavy atom. The van der Waals surface area contributed by atoms with E-state index in [0.29, 0.717) is 11.5 Å². The van der Waals surface area contributed by atoms with Crippen LogP contribution in [0.15, 0.2) is 18.2 Å². The van der Waals surface area contributed by atoms with Gasteiger partial charge in [0, 0.05) is 0 Å². The molecule has 1 N–H and O–H groups in total. The minimum absolute atomic E-state index is 0.249. The quantitative estimate of drug-likeness (QED) is 0.827. The molecule has 0 bridgehead atoms. The van der Waals surface area contributed by atoms with Gasteiger partial charge in [-0.05, 0) is 38.5 Å². The normalized spacial score (nSPS) is 14.5. The molecule has 0 aliphatic carbocycles. The standard InChI is InChI=1S/C12H18O3/c1-8-5-6-11(12(7-8)14-4)15-10(3)9(2)13/h5-7,9-10,13H,1-4H3/t9-,10?/m1/s1. The molecule has 2 atom stereocenters. The van der Waals surface area contributed by atoms with Crippen molar-refractivity contribution in [2.24, 2.45) is 0 Å². The second-order valence-electron chi connectivity index (χ2n) is 3.72. The Labute approximate surface area is 90.6 Å². The molecule has 1 rings (SSSR count). The van der Waals surface area contributed by atoms with Crippen LogP contribution in [0.5, 0.6) is 11.5 Å². The molecule has 0 heterocycles. The lowest BCUT2D eigenvalue weighted by atomic mass is 10.2. The maximum absolute atomic E-state index is 9.33. The van der Waals surface area contributed by atoms with Crippen molar-refractivity contribution in [3.8, 4) is 11.5 Å². The van der Waals surface area contributed by atoms with E-state index < -0.39 is 6.10 Å². The average Bonchev–Trinajstić information content (AvgIpc) is 2.20. The Balaban J connectivity index is 2.84. The molecule has 1 aromatic carbocycles. The van der Waals surface area contributed by atoms with Crippen LogP contribution >= 0.6 is 0 Å². The summed E-state index contributed by atoms with van der Waals surface area (Å²) in [5, 5.41) is 9.33. The lowest BCUT2D eigenvalue weighted by Crippen LogP contribution is -2.25. The summed E-state index contributed by atoms with van der Waals surface area (Å²) < 4.78 is 10.8. The molecule has 15 heavy (non-hydrogen) atoms. The van der Waals surface area contributed by atoms with Crippen LogP contribution in [0.3, 0.4) is 0 Å². The Kier molecular flexibility index (Phi) is 3.97. The lowest BCUT2D eigenvalue weighted by molar-refractivity contribution is 0.0586. The van der Waals surface area contributed by atoms with E-state index in [1.807, 2.05) is 32.0 Å². The first kappa shape index (κ1) is 11.9. The van der Waals surface area contributed by atoms with Gasteiger partial charge in [-0.2, -0.15) is 0 Å². The monoisotopic (exact) mass is 210 g/mol. The van der Waals surface area contributed by atoms with Crippen LogP contribution < -0.4 is 9.47 Å². The number of hydrogen-bond acceptors (Lipinski definition) is 3. The van der Waals surface area contributed by atoms with Gasteiger partial charge in [0.05, 0.1) is 13.2 Å². The Morgan fingerprint density at radius 3 is 2.40 bits per heavy atom. The summed E-state index contributed by atoms with van der Waals surface area (Å²) in [6.45, 7) is 5.51. The topological polar surface area (TPSA) is 38.7 Å². The number of ether oxygens (including phenoxy) is 2. The number of rotatable bonds is 4. The fourth-order valence-corrected chi connectivity index (χ4v) is 1.17.